The van der Waals surface area contributed by atoms with Crippen LogP contribution in [-0.4, -0.2) is 25.0 Å². The summed E-state index contributed by atoms with van der Waals surface area (Å²) in [6.45, 7) is 6.27. The summed E-state index contributed by atoms with van der Waals surface area (Å²) < 4.78 is 0. The van der Waals surface area contributed by atoms with Crippen molar-refractivity contribution in [3.05, 3.63) is 72.3 Å². The molecule has 0 aromatic heterocycles. The number of piperidine rings is 1. The second-order valence-corrected chi connectivity index (χ2v) is 8.26. The van der Waals surface area contributed by atoms with Gasteiger partial charge in [0.2, 0.25) is 5.91 Å². The van der Waals surface area contributed by atoms with Crippen LogP contribution in [0.5, 0.6) is 0 Å². The monoisotopic (exact) mass is 401 g/mol. The van der Waals surface area contributed by atoms with E-state index in [9.17, 15) is 4.79 Å². The highest BCUT2D eigenvalue weighted by atomic mass is 16.2. The first-order valence-corrected chi connectivity index (χ1v) is 11.0. The normalized spacial score (nSPS) is 16.3. The van der Waals surface area contributed by atoms with Crippen molar-refractivity contribution in [1.29, 1.82) is 0 Å². The molecule has 4 nitrogen and oxygen atoms in total. The van der Waals surface area contributed by atoms with E-state index < -0.39 is 0 Å². The van der Waals surface area contributed by atoms with E-state index in [1.807, 2.05) is 19.1 Å². The number of fused-ring (bicyclic) bond motifs is 1. The van der Waals surface area contributed by atoms with E-state index in [2.05, 4.69) is 77.1 Å². The molecule has 0 spiro atoms. The summed E-state index contributed by atoms with van der Waals surface area (Å²) in [5.74, 6) is -0.0205. The van der Waals surface area contributed by atoms with Gasteiger partial charge in [0.05, 0.1) is 6.04 Å². The number of hydrogen-bond donors (Lipinski definition) is 2. The molecule has 0 saturated carbocycles. The molecule has 0 radical (unpaired) electrons. The Morgan fingerprint density at radius 1 is 0.867 bits per heavy atom. The predicted molar refractivity (Wildman–Crippen MR) is 126 cm³/mol. The summed E-state index contributed by atoms with van der Waals surface area (Å²) in [6, 6.07) is 22.7. The van der Waals surface area contributed by atoms with Crippen LogP contribution in [0.2, 0.25) is 0 Å². The van der Waals surface area contributed by atoms with Crippen molar-refractivity contribution in [3.63, 3.8) is 0 Å². The summed E-state index contributed by atoms with van der Waals surface area (Å²) in [7, 11) is 0. The number of carbonyl (C=O) groups is 1. The van der Waals surface area contributed by atoms with Crippen LogP contribution in [0.25, 0.3) is 10.8 Å². The molecule has 1 aliphatic rings. The van der Waals surface area contributed by atoms with Crippen LogP contribution < -0.4 is 15.5 Å². The number of nitrogens with one attached hydrogen (secondary N) is 2. The Labute approximate surface area is 179 Å². The Morgan fingerprint density at radius 3 is 2.33 bits per heavy atom. The fourth-order valence-electron chi connectivity index (χ4n) is 4.33. The molecule has 3 aromatic rings. The largest absolute Gasteiger partial charge is 0.372 e. The highest BCUT2D eigenvalue weighted by molar-refractivity contribution is 5.94. The number of benzene rings is 3. The molecule has 1 heterocycles. The maximum Gasteiger partial charge on any atom is 0.241 e. The summed E-state index contributed by atoms with van der Waals surface area (Å²) >= 11 is 0. The maximum atomic E-state index is 12.7. The van der Waals surface area contributed by atoms with Crippen molar-refractivity contribution in [2.45, 2.75) is 45.2 Å². The molecule has 0 bridgehead atoms. The van der Waals surface area contributed by atoms with Crippen molar-refractivity contribution in [3.8, 4) is 0 Å². The summed E-state index contributed by atoms with van der Waals surface area (Å²) in [6.07, 6.45) is 3.85. The van der Waals surface area contributed by atoms with Gasteiger partial charge >= 0.3 is 0 Å². The van der Waals surface area contributed by atoms with Gasteiger partial charge in [-0.1, -0.05) is 42.5 Å². The van der Waals surface area contributed by atoms with E-state index in [-0.39, 0.29) is 18.0 Å². The number of rotatable bonds is 6. The Balaban J connectivity index is 1.37. The van der Waals surface area contributed by atoms with Gasteiger partial charge in [0.15, 0.2) is 0 Å². The Bertz CT molecular complexity index is 987. The van der Waals surface area contributed by atoms with Crippen LogP contribution in [-0.2, 0) is 4.79 Å². The molecule has 2 N–H and O–H groups in total. The van der Waals surface area contributed by atoms with E-state index in [1.165, 1.54) is 41.3 Å². The average molecular weight is 402 g/mol. The zero-order valence-corrected chi connectivity index (χ0v) is 17.9. The fraction of sp³-hybridized carbons (Fsp3) is 0.346. The van der Waals surface area contributed by atoms with Crippen LogP contribution in [0.3, 0.4) is 0 Å². The molecule has 1 saturated heterocycles. The third-order valence-electron chi connectivity index (χ3n) is 6.04. The second kappa shape index (κ2) is 9.31. The number of hydrogen-bond acceptors (Lipinski definition) is 3. The van der Waals surface area contributed by atoms with Crippen LogP contribution in [0.4, 0.5) is 11.4 Å². The minimum absolute atomic E-state index is 0.0205. The van der Waals surface area contributed by atoms with Gasteiger partial charge in [-0.2, -0.15) is 0 Å². The molecule has 2 atom stereocenters. The topological polar surface area (TPSA) is 44.4 Å². The third kappa shape index (κ3) is 4.65. The Kier molecular flexibility index (Phi) is 6.34. The smallest absolute Gasteiger partial charge is 0.241 e. The SMILES string of the molecule is C[C@H](N[C@@H](C)c1cccc2ccccc12)C(=O)Nc1ccc(N2CCCCC2)cc1. The lowest BCUT2D eigenvalue weighted by atomic mass is 9.99. The highest BCUT2D eigenvalue weighted by Gasteiger charge is 2.18. The zero-order chi connectivity index (χ0) is 20.9. The number of nitrogens with zero attached hydrogens (tertiary/aromatic N) is 1. The van der Waals surface area contributed by atoms with Gasteiger partial charge in [-0.15, -0.1) is 0 Å². The molecular formula is C26H31N3O. The van der Waals surface area contributed by atoms with Gasteiger partial charge < -0.3 is 10.2 Å². The molecule has 3 aromatic carbocycles. The van der Waals surface area contributed by atoms with Crippen molar-refractivity contribution >= 4 is 28.1 Å². The molecule has 0 unspecified atom stereocenters. The van der Waals surface area contributed by atoms with E-state index in [4.69, 9.17) is 0 Å². The fourth-order valence-corrected chi connectivity index (χ4v) is 4.33. The molecule has 4 rings (SSSR count). The third-order valence-corrected chi connectivity index (χ3v) is 6.04. The van der Waals surface area contributed by atoms with Crippen LogP contribution in [0.1, 0.15) is 44.7 Å². The van der Waals surface area contributed by atoms with Crippen LogP contribution in [0, 0.1) is 0 Å². The Hall–Kier alpha value is -2.85. The van der Waals surface area contributed by atoms with Crippen molar-refractivity contribution in [2.75, 3.05) is 23.3 Å². The molecule has 4 heteroatoms. The number of anilines is 2. The minimum atomic E-state index is -0.305. The van der Waals surface area contributed by atoms with Crippen LogP contribution >= 0.6 is 0 Å². The average Bonchev–Trinajstić information content (AvgIpc) is 2.79. The van der Waals surface area contributed by atoms with Gasteiger partial charge in [0, 0.05) is 30.5 Å². The first-order chi connectivity index (χ1) is 14.6. The van der Waals surface area contributed by atoms with Gasteiger partial charge in [-0.05, 0) is 73.7 Å². The second-order valence-electron chi connectivity index (χ2n) is 8.26. The quantitative estimate of drug-likeness (QED) is 0.573. The number of amides is 1. The first-order valence-electron chi connectivity index (χ1n) is 11.0. The minimum Gasteiger partial charge on any atom is -0.372 e. The van der Waals surface area contributed by atoms with Gasteiger partial charge in [0.25, 0.3) is 0 Å². The first kappa shape index (κ1) is 20.4. The standard InChI is InChI=1S/C26H31N3O/c1-19(24-12-8-10-21-9-4-5-11-25(21)24)27-20(2)26(30)28-22-13-15-23(16-14-22)29-17-6-3-7-18-29/h4-5,8-16,19-20,27H,3,6-7,17-18H2,1-2H3,(H,28,30)/t19-,20-/m0/s1. The molecular weight excluding hydrogens is 370 g/mol. The van der Waals surface area contributed by atoms with Crippen molar-refractivity contribution in [2.24, 2.45) is 0 Å². The summed E-state index contributed by atoms with van der Waals surface area (Å²) in [5, 5.41) is 8.94. The van der Waals surface area contributed by atoms with Gasteiger partial charge in [-0.3, -0.25) is 10.1 Å². The molecule has 1 amide bonds. The zero-order valence-electron chi connectivity index (χ0n) is 17.9. The van der Waals surface area contributed by atoms with Crippen LogP contribution in [0.15, 0.2) is 66.7 Å². The molecule has 156 valence electrons. The lowest BCUT2D eigenvalue weighted by Gasteiger charge is -2.29. The van der Waals surface area contributed by atoms with Crippen molar-refractivity contribution in [1.82, 2.24) is 5.32 Å². The van der Waals surface area contributed by atoms with E-state index in [0.29, 0.717) is 0 Å². The highest BCUT2D eigenvalue weighted by Crippen LogP contribution is 2.25. The molecule has 1 fully saturated rings. The molecule has 1 aliphatic heterocycles. The molecule has 0 aliphatic carbocycles. The lowest BCUT2D eigenvalue weighted by molar-refractivity contribution is -0.117. The van der Waals surface area contributed by atoms with E-state index >= 15 is 0 Å². The summed E-state index contributed by atoms with van der Waals surface area (Å²) in [5.41, 5.74) is 3.29. The van der Waals surface area contributed by atoms with E-state index in [0.717, 1.165) is 18.8 Å². The van der Waals surface area contributed by atoms with Gasteiger partial charge in [-0.25, -0.2) is 0 Å². The van der Waals surface area contributed by atoms with Crippen molar-refractivity contribution < 1.29 is 4.79 Å². The Morgan fingerprint density at radius 2 is 1.57 bits per heavy atom. The lowest BCUT2D eigenvalue weighted by Crippen LogP contribution is -2.39. The summed E-state index contributed by atoms with van der Waals surface area (Å²) in [4.78, 5) is 15.2. The predicted octanol–water partition coefficient (Wildman–Crippen LogP) is 5.51. The number of carbonyl (C=O) groups excluding carboxylic acids is 1. The van der Waals surface area contributed by atoms with E-state index in [1.54, 1.807) is 0 Å². The molecule has 30 heavy (non-hydrogen) atoms. The maximum absolute atomic E-state index is 12.7. The van der Waals surface area contributed by atoms with Gasteiger partial charge in [0.1, 0.15) is 0 Å².